The molecule has 38 heavy (non-hydrogen) atoms. The Morgan fingerprint density at radius 2 is 1.53 bits per heavy atom. The predicted octanol–water partition coefficient (Wildman–Crippen LogP) is -1.50. The lowest BCUT2D eigenvalue weighted by Crippen LogP contribution is -2.58. The van der Waals surface area contributed by atoms with Crippen LogP contribution in [0, 0.1) is 5.92 Å². The van der Waals surface area contributed by atoms with Crippen molar-refractivity contribution in [3.05, 3.63) is 18.2 Å². The summed E-state index contributed by atoms with van der Waals surface area (Å²) in [5.41, 5.74) is 0.417. The van der Waals surface area contributed by atoms with Crippen LogP contribution in [0.15, 0.2) is 12.5 Å². The fourth-order valence-corrected chi connectivity index (χ4v) is 3.46. The van der Waals surface area contributed by atoms with E-state index in [-0.39, 0.29) is 31.5 Å². The Morgan fingerprint density at radius 3 is 2.03 bits per heavy atom. The Balaban J connectivity index is 3.14. The fraction of sp³-hybridized carbons (Fsp3) is 0.565. The zero-order valence-electron chi connectivity index (χ0n) is 21.4. The summed E-state index contributed by atoms with van der Waals surface area (Å²) in [6.45, 7) is 4.88. The van der Waals surface area contributed by atoms with Gasteiger partial charge in [0.25, 0.3) is 0 Å². The van der Waals surface area contributed by atoms with Gasteiger partial charge in [0.15, 0.2) is 0 Å². The van der Waals surface area contributed by atoms with Crippen molar-refractivity contribution in [3.8, 4) is 0 Å². The number of carbonyl (C=O) groups is 7. The molecular formula is C23H34N6O9. The molecule has 1 aromatic rings. The molecule has 0 spiro atoms. The van der Waals surface area contributed by atoms with Crippen molar-refractivity contribution in [2.24, 2.45) is 5.92 Å². The molecule has 1 heterocycles. The van der Waals surface area contributed by atoms with E-state index in [1.54, 1.807) is 0 Å². The SMILES string of the molecule is CC(=O)NC(CC(C)C)C(=O)NC(CCC(=O)O)C(=O)NC(Cc1cnc[nH]1)C(=O)NC(C=O)CC(=O)O. The first-order valence-electron chi connectivity index (χ1n) is 11.9. The quantitative estimate of drug-likeness (QED) is 0.113. The van der Waals surface area contributed by atoms with E-state index in [0.29, 0.717) is 5.69 Å². The summed E-state index contributed by atoms with van der Waals surface area (Å²) >= 11 is 0. The second-order valence-corrected chi connectivity index (χ2v) is 9.07. The molecule has 0 fully saturated rings. The van der Waals surface area contributed by atoms with Crippen LogP contribution in [0.3, 0.4) is 0 Å². The van der Waals surface area contributed by atoms with Crippen molar-refractivity contribution in [2.45, 2.75) is 77.0 Å². The van der Waals surface area contributed by atoms with Crippen LogP contribution >= 0.6 is 0 Å². The largest absolute Gasteiger partial charge is 0.481 e. The van der Waals surface area contributed by atoms with Crippen LogP contribution in [0.2, 0.25) is 0 Å². The van der Waals surface area contributed by atoms with E-state index in [9.17, 15) is 33.6 Å². The van der Waals surface area contributed by atoms with Gasteiger partial charge in [-0.15, -0.1) is 0 Å². The van der Waals surface area contributed by atoms with Gasteiger partial charge in [-0.25, -0.2) is 4.98 Å². The number of nitrogens with zero attached hydrogens (tertiary/aromatic N) is 1. The number of hydrogen-bond acceptors (Lipinski definition) is 8. The molecule has 4 unspecified atom stereocenters. The number of nitrogens with one attached hydrogen (secondary N) is 5. The van der Waals surface area contributed by atoms with Gasteiger partial charge in [-0.3, -0.25) is 28.8 Å². The number of imidazole rings is 1. The zero-order chi connectivity index (χ0) is 28.8. The van der Waals surface area contributed by atoms with Crippen LogP contribution in [-0.4, -0.2) is 86.2 Å². The number of aldehydes is 1. The highest BCUT2D eigenvalue weighted by Gasteiger charge is 2.31. The number of amides is 4. The molecule has 0 radical (unpaired) electrons. The smallest absolute Gasteiger partial charge is 0.305 e. The summed E-state index contributed by atoms with van der Waals surface area (Å²) in [5, 5.41) is 27.7. The standard InChI is InChI=1S/C23H34N6O9/c1-12(2)6-17(26-13(3)31)23(38)28-16(4-5-19(32)33)21(36)29-18(7-14-9-24-11-25-14)22(37)27-15(10-30)8-20(34)35/h9-12,15-18H,4-8H2,1-3H3,(H,24,25)(H,26,31)(H,27,37)(H,28,38)(H,29,36)(H,32,33)(H,34,35). The van der Waals surface area contributed by atoms with Crippen molar-refractivity contribution < 1.29 is 43.8 Å². The molecule has 0 aromatic carbocycles. The van der Waals surface area contributed by atoms with Gasteiger partial charge in [0, 0.05) is 31.7 Å². The van der Waals surface area contributed by atoms with E-state index >= 15 is 0 Å². The average molecular weight is 539 g/mol. The molecule has 210 valence electrons. The third kappa shape index (κ3) is 12.1. The molecule has 1 aromatic heterocycles. The molecule has 0 saturated carbocycles. The van der Waals surface area contributed by atoms with Crippen molar-refractivity contribution in [1.29, 1.82) is 0 Å². The second kappa shape index (κ2) is 15.7. The highest BCUT2D eigenvalue weighted by molar-refractivity contribution is 5.95. The minimum atomic E-state index is -1.39. The van der Waals surface area contributed by atoms with Crippen LogP contribution in [0.1, 0.15) is 52.1 Å². The summed E-state index contributed by atoms with van der Waals surface area (Å²) in [4.78, 5) is 90.4. The van der Waals surface area contributed by atoms with E-state index in [1.165, 1.54) is 19.4 Å². The Morgan fingerprint density at radius 1 is 0.921 bits per heavy atom. The summed E-state index contributed by atoms with van der Waals surface area (Å²) in [5.74, 6) is -5.52. The van der Waals surface area contributed by atoms with Crippen molar-refractivity contribution >= 4 is 41.9 Å². The van der Waals surface area contributed by atoms with Crippen molar-refractivity contribution in [1.82, 2.24) is 31.2 Å². The fourth-order valence-electron chi connectivity index (χ4n) is 3.46. The van der Waals surface area contributed by atoms with Crippen LogP contribution < -0.4 is 21.3 Å². The minimum Gasteiger partial charge on any atom is -0.481 e. The van der Waals surface area contributed by atoms with Crippen LogP contribution in [0.4, 0.5) is 0 Å². The first-order valence-corrected chi connectivity index (χ1v) is 11.9. The highest BCUT2D eigenvalue weighted by Crippen LogP contribution is 2.08. The maximum Gasteiger partial charge on any atom is 0.305 e. The van der Waals surface area contributed by atoms with Crippen molar-refractivity contribution in [3.63, 3.8) is 0 Å². The van der Waals surface area contributed by atoms with Gasteiger partial charge in [0.2, 0.25) is 23.6 Å². The Bertz CT molecular complexity index is 996. The summed E-state index contributed by atoms with van der Waals surface area (Å²) in [6, 6.07) is -5.08. The zero-order valence-corrected chi connectivity index (χ0v) is 21.4. The number of rotatable bonds is 17. The number of aromatic nitrogens is 2. The van der Waals surface area contributed by atoms with E-state index in [0.717, 1.165) is 0 Å². The third-order valence-corrected chi connectivity index (χ3v) is 5.18. The van der Waals surface area contributed by atoms with Crippen molar-refractivity contribution in [2.75, 3.05) is 0 Å². The van der Waals surface area contributed by atoms with E-state index in [2.05, 4.69) is 31.2 Å². The molecular weight excluding hydrogens is 504 g/mol. The van der Waals surface area contributed by atoms with E-state index in [1.807, 2.05) is 13.8 Å². The number of H-pyrrole nitrogens is 1. The maximum absolute atomic E-state index is 13.2. The number of aromatic amines is 1. The van der Waals surface area contributed by atoms with Crippen LogP contribution in [-0.2, 0) is 40.0 Å². The Hall–Kier alpha value is -4.30. The lowest BCUT2D eigenvalue weighted by molar-refractivity contribution is -0.140. The highest BCUT2D eigenvalue weighted by atomic mass is 16.4. The number of hydrogen-bond donors (Lipinski definition) is 7. The van der Waals surface area contributed by atoms with Crippen LogP contribution in [0.25, 0.3) is 0 Å². The number of carboxylic acids is 2. The Labute approximate surface area is 218 Å². The lowest BCUT2D eigenvalue weighted by atomic mass is 10.0. The van der Waals surface area contributed by atoms with Crippen LogP contribution in [0.5, 0.6) is 0 Å². The molecule has 15 nitrogen and oxygen atoms in total. The monoisotopic (exact) mass is 538 g/mol. The summed E-state index contributed by atoms with van der Waals surface area (Å²) < 4.78 is 0. The topological polar surface area (TPSA) is 237 Å². The lowest BCUT2D eigenvalue weighted by Gasteiger charge is -2.26. The molecule has 0 bridgehead atoms. The van der Waals surface area contributed by atoms with Gasteiger partial charge < -0.3 is 41.3 Å². The van der Waals surface area contributed by atoms with Gasteiger partial charge in [-0.05, 0) is 18.8 Å². The Kier molecular flexibility index (Phi) is 13.1. The van der Waals surface area contributed by atoms with Gasteiger partial charge in [0.05, 0.1) is 18.8 Å². The molecule has 7 N–H and O–H groups in total. The first kappa shape index (κ1) is 31.7. The normalized spacial score (nSPS) is 13.9. The molecule has 15 heteroatoms. The molecule has 4 amide bonds. The number of carbonyl (C=O) groups excluding carboxylic acids is 5. The molecule has 0 aliphatic heterocycles. The second-order valence-electron chi connectivity index (χ2n) is 9.07. The molecule has 0 aliphatic carbocycles. The van der Waals surface area contributed by atoms with E-state index in [4.69, 9.17) is 10.2 Å². The average Bonchev–Trinajstić information content (AvgIpc) is 3.32. The third-order valence-electron chi connectivity index (χ3n) is 5.18. The van der Waals surface area contributed by atoms with Gasteiger partial charge in [-0.1, -0.05) is 13.8 Å². The van der Waals surface area contributed by atoms with Gasteiger partial charge >= 0.3 is 11.9 Å². The molecule has 0 aliphatic rings. The molecule has 0 saturated heterocycles. The number of carboxylic acid groups (broad SMARTS) is 2. The van der Waals surface area contributed by atoms with Gasteiger partial charge in [0.1, 0.15) is 24.4 Å². The first-order chi connectivity index (χ1) is 17.8. The van der Waals surface area contributed by atoms with Gasteiger partial charge in [-0.2, -0.15) is 0 Å². The van der Waals surface area contributed by atoms with E-state index < -0.39 is 72.6 Å². The molecule has 1 rings (SSSR count). The predicted molar refractivity (Wildman–Crippen MR) is 130 cm³/mol. The maximum atomic E-state index is 13.2. The summed E-state index contributed by atoms with van der Waals surface area (Å²) in [6.07, 6.45) is 1.57. The number of aliphatic carboxylic acids is 2. The summed E-state index contributed by atoms with van der Waals surface area (Å²) in [7, 11) is 0. The molecule has 4 atom stereocenters. The minimum absolute atomic E-state index is 0.00273.